The van der Waals surface area contributed by atoms with Crippen LogP contribution in [0, 0.1) is 0 Å². The highest BCUT2D eigenvalue weighted by Crippen LogP contribution is 2.36. The molecule has 0 aromatic heterocycles. The van der Waals surface area contributed by atoms with E-state index in [0.717, 1.165) is 30.3 Å². The summed E-state index contributed by atoms with van der Waals surface area (Å²) >= 11 is 4.19. The van der Waals surface area contributed by atoms with Crippen molar-refractivity contribution in [1.29, 1.82) is 0 Å². The molecule has 0 radical (unpaired) electrons. The van der Waals surface area contributed by atoms with Crippen LogP contribution < -0.4 is 14.8 Å². The van der Waals surface area contributed by atoms with Gasteiger partial charge in [-0.15, -0.1) is 0 Å². The number of hydrogen-bond donors (Lipinski definition) is 2. The van der Waals surface area contributed by atoms with Gasteiger partial charge in [-0.25, -0.2) is 0 Å². The molecule has 0 bridgehead atoms. The third-order valence-corrected chi connectivity index (χ3v) is 3.23. The molecule has 1 aliphatic heterocycles. The van der Waals surface area contributed by atoms with Crippen LogP contribution in [0.5, 0.6) is 11.5 Å². The molecule has 1 aliphatic rings. The zero-order valence-corrected chi connectivity index (χ0v) is 11.2. The van der Waals surface area contributed by atoms with Gasteiger partial charge in [0.15, 0.2) is 11.5 Å². The summed E-state index contributed by atoms with van der Waals surface area (Å²) in [5.74, 6) is 2.55. The molecular weight excluding hydrogens is 234 g/mol. The lowest BCUT2D eigenvalue weighted by Gasteiger charge is -2.26. The van der Waals surface area contributed by atoms with Crippen molar-refractivity contribution < 1.29 is 9.47 Å². The second-order valence-corrected chi connectivity index (χ2v) is 5.30. The molecule has 0 saturated carbocycles. The van der Waals surface area contributed by atoms with Crippen LogP contribution in [0.15, 0.2) is 18.2 Å². The smallest absolute Gasteiger partial charge is 0.231 e. The Labute approximate surface area is 108 Å². The molecule has 0 unspecified atom stereocenters. The number of hydrogen-bond acceptors (Lipinski definition) is 4. The standard InChI is InChI=1S/C13H19NO2S/c1-13(2,8-14-5-6-17)10-3-4-11-12(7-10)16-9-15-11/h3-4,7,14,17H,5-6,8-9H2,1-2H3. The Morgan fingerprint density at radius 1 is 1.29 bits per heavy atom. The maximum Gasteiger partial charge on any atom is 0.231 e. The van der Waals surface area contributed by atoms with Gasteiger partial charge in [-0.1, -0.05) is 19.9 Å². The minimum atomic E-state index is 0.0733. The number of benzene rings is 1. The summed E-state index contributed by atoms with van der Waals surface area (Å²) in [6.07, 6.45) is 0. The monoisotopic (exact) mass is 253 g/mol. The number of nitrogens with one attached hydrogen (secondary N) is 1. The van der Waals surface area contributed by atoms with Crippen molar-refractivity contribution >= 4 is 12.6 Å². The van der Waals surface area contributed by atoms with E-state index >= 15 is 0 Å². The molecule has 4 heteroatoms. The van der Waals surface area contributed by atoms with Crippen LogP contribution in [-0.2, 0) is 5.41 Å². The predicted molar refractivity (Wildman–Crippen MR) is 72.3 cm³/mol. The molecule has 0 spiro atoms. The fourth-order valence-electron chi connectivity index (χ4n) is 1.90. The summed E-state index contributed by atoms with van der Waals surface area (Å²) in [7, 11) is 0. The molecule has 17 heavy (non-hydrogen) atoms. The van der Waals surface area contributed by atoms with Gasteiger partial charge >= 0.3 is 0 Å². The molecule has 1 aromatic rings. The molecule has 2 rings (SSSR count). The van der Waals surface area contributed by atoms with Crippen LogP contribution in [-0.4, -0.2) is 25.6 Å². The summed E-state index contributed by atoms with van der Waals surface area (Å²) in [6.45, 7) is 6.62. The Morgan fingerprint density at radius 2 is 2.06 bits per heavy atom. The van der Waals surface area contributed by atoms with E-state index in [4.69, 9.17) is 9.47 Å². The second kappa shape index (κ2) is 5.19. The van der Waals surface area contributed by atoms with Crippen molar-refractivity contribution in [2.24, 2.45) is 0 Å². The van der Waals surface area contributed by atoms with Crippen LogP contribution in [0.25, 0.3) is 0 Å². The molecule has 94 valence electrons. The Balaban J connectivity index is 2.10. The molecule has 3 nitrogen and oxygen atoms in total. The summed E-state index contributed by atoms with van der Waals surface area (Å²) in [4.78, 5) is 0. The quantitative estimate of drug-likeness (QED) is 0.623. The molecule has 0 aliphatic carbocycles. The highest BCUT2D eigenvalue weighted by Gasteiger charge is 2.23. The maximum absolute atomic E-state index is 5.41. The maximum atomic E-state index is 5.41. The fourth-order valence-corrected chi connectivity index (χ4v) is 2.06. The van der Waals surface area contributed by atoms with Gasteiger partial charge in [-0.3, -0.25) is 0 Å². The van der Waals surface area contributed by atoms with E-state index < -0.39 is 0 Å². The first-order valence-electron chi connectivity index (χ1n) is 5.85. The van der Waals surface area contributed by atoms with Crippen LogP contribution in [0.3, 0.4) is 0 Å². The summed E-state index contributed by atoms with van der Waals surface area (Å²) in [6, 6.07) is 6.17. The second-order valence-electron chi connectivity index (χ2n) is 4.85. The third kappa shape index (κ3) is 2.87. The summed E-state index contributed by atoms with van der Waals surface area (Å²) in [5.41, 5.74) is 1.33. The SMILES string of the molecule is CC(C)(CNCCS)c1ccc2c(c1)OCO2. The van der Waals surface area contributed by atoms with Gasteiger partial charge in [0, 0.05) is 24.3 Å². The van der Waals surface area contributed by atoms with Gasteiger partial charge in [0.1, 0.15) is 0 Å². The highest BCUT2D eigenvalue weighted by molar-refractivity contribution is 7.80. The number of fused-ring (bicyclic) bond motifs is 1. The lowest BCUT2D eigenvalue weighted by Crippen LogP contribution is -2.33. The normalized spacial score (nSPS) is 14.1. The van der Waals surface area contributed by atoms with Crippen LogP contribution in [0.2, 0.25) is 0 Å². The first kappa shape index (κ1) is 12.6. The summed E-state index contributed by atoms with van der Waals surface area (Å²) in [5, 5.41) is 3.39. The summed E-state index contributed by atoms with van der Waals surface area (Å²) < 4.78 is 10.7. The van der Waals surface area contributed by atoms with Gasteiger partial charge in [-0.2, -0.15) is 12.6 Å². The van der Waals surface area contributed by atoms with Crippen molar-refractivity contribution in [3.63, 3.8) is 0 Å². The zero-order valence-electron chi connectivity index (χ0n) is 10.3. The van der Waals surface area contributed by atoms with Crippen LogP contribution in [0.1, 0.15) is 19.4 Å². The molecule has 0 amide bonds. The Morgan fingerprint density at radius 3 is 2.82 bits per heavy atom. The third-order valence-electron chi connectivity index (χ3n) is 3.01. The molecular formula is C13H19NO2S. The zero-order chi connectivity index (χ0) is 12.3. The minimum Gasteiger partial charge on any atom is -0.454 e. The van der Waals surface area contributed by atoms with E-state index in [1.54, 1.807) is 0 Å². The lowest BCUT2D eigenvalue weighted by molar-refractivity contribution is 0.174. The molecule has 1 heterocycles. The van der Waals surface area contributed by atoms with Crippen molar-refractivity contribution in [1.82, 2.24) is 5.32 Å². The number of thiol groups is 1. The van der Waals surface area contributed by atoms with Crippen molar-refractivity contribution in [3.8, 4) is 11.5 Å². The van der Waals surface area contributed by atoms with Crippen LogP contribution >= 0.6 is 12.6 Å². The van der Waals surface area contributed by atoms with Crippen molar-refractivity contribution in [2.75, 3.05) is 25.6 Å². The number of rotatable bonds is 5. The number of ether oxygens (including phenoxy) is 2. The molecule has 1 N–H and O–H groups in total. The van der Waals surface area contributed by atoms with Crippen LogP contribution in [0.4, 0.5) is 0 Å². The fraction of sp³-hybridized carbons (Fsp3) is 0.538. The Kier molecular flexibility index (Phi) is 3.84. The predicted octanol–water partition coefficient (Wildman–Crippen LogP) is 2.21. The lowest BCUT2D eigenvalue weighted by atomic mass is 9.84. The van der Waals surface area contributed by atoms with Gasteiger partial charge in [0.2, 0.25) is 6.79 Å². The van der Waals surface area contributed by atoms with Gasteiger partial charge in [-0.05, 0) is 17.7 Å². The average Bonchev–Trinajstić information content (AvgIpc) is 2.76. The molecule has 0 saturated heterocycles. The first-order valence-corrected chi connectivity index (χ1v) is 6.48. The first-order chi connectivity index (χ1) is 8.13. The Bertz CT molecular complexity index is 393. The van der Waals surface area contributed by atoms with E-state index in [1.165, 1.54) is 5.56 Å². The van der Waals surface area contributed by atoms with E-state index in [-0.39, 0.29) is 5.41 Å². The topological polar surface area (TPSA) is 30.5 Å². The largest absolute Gasteiger partial charge is 0.454 e. The van der Waals surface area contributed by atoms with E-state index in [0.29, 0.717) is 6.79 Å². The van der Waals surface area contributed by atoms with Gasteiger partial charge < -0.3 is 14.8 Å². The van der Waals surface area contributed by atoms with E-state index in [1.807, 2.05) is 6.07 Å². The molecule has 0 fully saturated rings. The molecule has 0 atom stereocenters. The van der Waals surface area contributed by atoms with E-state index in [2.05, 4.69) is 43.9 Å². The van der Waals surface area contributed by atoms with Gasteiger partial charge in [0.25, 0.3) is 0 Å². The highest BCUT2D eigenvalue weighted by atomic mass is 32.1. The Hall–Kier alpha value is -0.870. The van der Waals surface area contributed by atoms with Crippen molar-refractivity contribution in [2.45, 2.75) is 19.3 Å². The molecule has 1 aromatic carbocycles. The van der Waals surface area contributed by atoms with Gasteiger partial charge in [0.05, 0.1) is 0 Å². The average molecular weight is 253 g/mol. The van der Waals surface area contributed by atoms with Crippen molar-refractivity contribution in [3.05, 3.63) is 23.8 Å². The van der Waals surface area contributed by atoms with E-state index in [9.17, 15) is 0 Å². The minimum absolute atomic E-state index is 0.0733.